The summed E-state index contributed by atoms with van der Waals surface area (Å²) in [6, 6.07) is 41.0. The molecule has 0 atom stereocenters. The Morgan fingerprint density at radius 3 is 2.11 bits per heavy atom. The summed E-state index contributed by atoms with van der Waals surface area (Å²) in [5.41, 5.74) is 12.6. The molecule has 0 bridgehead atoms. The Bertz CT molecular complexity index is 2650. The zero-order chi connectivity index (χ0) is 38.4. The topological polar surface area (TPSA) is 57.8 Å². The third-order valence-corrected chi connectivity index (χ3v) is 10.1. The first kappa shape index (κ1) is 38.9. The number of aryl methyl sites for hydroxylation is 4. The SMILES string of the molecule is Cc1cc(C)c(-c2ccnc(-n3c4[c-]c(Oc5[c-]c(-c6nc(C)n(-c7cc(CC(C)C)cc(CC(C)C)c7)n6)ccc5)ccc4c4ccccc43)c2)c(C)c1.[Pt+2]. The predicted molar refractivity (Wildman–Crippen MR) is 225 cm³/mol. The molecule has 0 N–H and O–H groups in total. The van der Waals surface area contributed by atoms with Crippen molar-refractivity contribution in [3.8, 4) is 45.5 Å². The molecule has 8 rings (SSSR count). The van der Waals surface area contributed by atoms with Crippen LogP contribution in [-0.2, 0) is 33.9 Å². The number of hydrogen-bond acceptors (Lipinski definition) is 4. The zero-order valence-corrected chi connectivity index (χ0v) is 35.6. The fraction of sp³-hybridized carbons (Fsp3) is 0.245. The minimum absolute atomic E-state index is 0. The molecule has 8 aromatic rings. The van der Waals surface area contributed by atoms with Gasteiger partial charge in [0.25, 0.3) is 0 Å². The van der Waals surface area contributed by atoms with Crippen molar-refractivity contribution in [1.29, 1.82) is 0 Å². The van der Waals surface area contributed by atoms with E-state index in [2.05, 4.69) is 138 Å². The van der Waals surface area contributed by atoms with Crippen LogP contribution in [0.4, 0.5) is 0 Å². The summed E-state index contributed by atoms with van der Waals surface area (Å²) in [7, 11) is 0. The minimum Gasteiger partial charge on any atom is -0.503 e. The molecule has 5 aromatic carbocycles. The third kappa shape index (κ3) is 7.86. The van der Waals surface area contributed by atoms with Gasteiger partial charge >= 0.3 is 21.1 Å². The summed E-state index contributed by atoms with van der Waals surface area (Å²) in [4.78, 5) is 9.78. The minimum atomic E-state index is 0. The number of aromatic nitrogens is 5. The maximum absolute atomic E-state index is 6.49. The summed E-state index contributed by atoms with van der Waals surface area (Å²) in [6.07, 6.45) is 3.94. The van der Waals surface area contributed by atoms with Crippen LogP contribution in [0.25, 0.3) is 55.8 Å². The van der Waals surface area contributed by atoms with E-state index in [9.17, 15) is 0 Å². The van der Waals surface area contributed by atoms with E-state index < -0.39 is 0 Å². The molecule has 0 radical (unpaired) electrons. The Morgan fingerprint density at radius 1 is 0.696 bits per heavy atom. The van der Waals surface area contributed by atoms with Crippen molar-refractivity contribution in [3.05, 3.63) is 149 Å². The number of nitrogens with zero attached hydrogens (tertiary/aromatic N) is 5. The summed E-state index contributed by atoms with van der Waals surface area (Å²) >= 11 is 0. The Hall–Kier alpha value is -5.32. The van der Waals surface area contributed by atoms with E-state index in [0.717, 1.165) is 63.1 Å². The van der Waals surface area contributed by atoms with E-state index in [0.29, 0.717) is 29.2 Å². The molecule has 3 heterocycles. The molecule has 3 aromatic heterocycles. The molecule has 56 heavy (non-hydrogen) atoms. The number of fused-ring (bicyclic) bond motifs is 3. The number of benzene rings is 5. The van der Waals surface area contributed by atoms with Crippen molar-refractivity contribution in [2.24, 2.45) is 11.8 Å². The van der Waals surface area contributed by atoms with Gasteiger partial charge < -0.3 is 9.30 Å². The second-order valence-corrected chi connectivity index (χ2v) is 15.7. The fourth-order valence-electron chi connectivity index (χ4n) is 8.05. The van der Waals surface area contributed by atoms with Crippen LogP contribution < -0.4 is 4.74 Å². The number of hydrogen-bond donors (Lipinski definition) is 0. The van der Waals surface area contributed by atoms with E-state index in [1.165, 1.54) is 33.4 Å². The first-order valence-corrected chi connectivity index (χ1v) is 19.3. The van der Waals surface area contributed by atoms with Gasteiger partial charge in [0.15, 0.2) is 0 Å². The van der Waals surface area contributed by atoms with Crippen molar-refractivity contribution >= 4 is 21.8 Å². The van der Waals surface area contributed by atoms with Crippen molar-refractivity contribution in [2.45, 2.75) is 68.2 Å². The molecule has 0 fully saturated rings. The molecular formula is C49H47N5OPt. The fourth-order valence-corrected chi connectivity index (χ4v) is 8.05. The molecule has 7 heteroatoms. The van der Waals surface area contributed by atoms with Crippen LogP contribution >= 0.6 is 0 Å². The van der Waals surface area contributed by atoms with Gasteiger partial charge in [0.2, 0.25) is 0 Å². The average molecular weight is 917 g/mol. The van der Waals surface area contributed by atoms with Gasteiger partial charge in [0.1, 0.15) is 11.6 Å². The van der Waals surface area contributed by atoms with E-state index in [1.54, 1.807) is 0 Å². The maximum atomic E-state index is 6.49. The second-order valence-electron chi connectivity index (χ2n) is 15.7. The molecule has 0 saturated carbocycles. The Kier molecular flexibility index (Phi) is 11.1. The molecule has 6 nitrogen and oxygen atoms in total. The summed E-state index contributed by atoms with van der Waals surface area (Å²) in [5.74, 6) is 4.53. The number of rotatable bonds is 10. The Labute approximate surface area is 344 Å². The molecule has 284 valence electrons. The van der Waals surface area contributed by atoms with Crippen LogP contribution in [0.15, 0.2) is 103 Å². The maximum Gasteiger partial charge on any atom is 2.00 e. The second kappa shape index (κ2) is 16.0. The summed E-state index contributed by atoms with van der Waals surface area (Å²) in [6.45, 7) is 17.6. The van der Waals surface area contributed by atoms with Gasteiger partial charge in [-0.1, -0.05) is 81.2 Å². The molecule has 0 aliphatic heterocycles. The molecule has 0 saturated heterocycles. The van der Waals surface area contributed by atoms with Crippen molar-refractivity contribution in [3.63, 3.8) is 0 Å². The molecule has 0 aliphatic rings. The molecule has 0 aliphatic carbocycles. The number of para-hydroxylation sites is 1. The number of ether oxygens (including phenoxy) is 1. The standard InChI is InChI=1S/C49H47N5O.Pt/c1-30(2)20-36-24-37(21-31(3)4)26-40(25-36)54-35(8)51-49(52-54)39-12-11-13-41(27-39)55-42-16-17-44-43-14-9-10-15-45(43)53(46(44)29-42)47-28-38(18-19-50-47)48-33(6)22-32(5)23-34(48)7;/h9-19,22-26,28,30-31H,20-21H2,1-8H3;/q-2;+2. The molecule has 0 spiro atoms. The molecule has 0 amide bonds. The van der Waals surface area contributed by atoms with E-state index >= 15 is 0 Å². The van der Waals surface area contributed by atoms with Gasteiger partial charge in [-0.05, 0) is 121 Å². The van der Waals surface area contributed by atoms with Crippen LogP contribution in [0.1, 0.15) is 61.3 Å². The van der Waals surface area contributed by atoms with Crippen LogP contribution in [-0.4, -0.2) is 24.3 Å². The first-order chi connectivity index (χ1) is 26.5. The van der Waals surface area contributed by atoms with Crippen LogP contribution in [0.5, 0.6) is 11.5 Å². The Morgan fingerprint density at radius 2 is 1.39 bits per heavy atom. The first-order valence-electron chi connectivity index (χ1n) is 19.3. The van der Waals surface area contributed by atoms with Crippen molar-refractivity contribution < 1.29 is 25.8 Å². The summed E-state index contributed by atoms with van der Waals surface area (Å²) < 4.78 is 10.6. The van der Waals surface area contributed by atoms with E-state index in [1.807, 2.05) is 42.1 Å². The van der Waals surface area contributed by atoms with E-state index in [-0.39, 0.29) is 21.1 Å². The largest absolute Gasteiger partial charge is 2.00 e. The average Bonchev–Trinajstić information content (AvgIpc) is 3.68. The third-order valence-electron chi connectivity index (χ3n) is 10.1. The van der Waals surface area contributed by atoms with Gasteiger partial charge in [-0.2, -0.15) is 11.2 Å². The quantitative estimate of drug-likeness (QED) is 0.128. The summed E-state index contributed by atoms with van der Waals surface area (Å²) in [5, 5.41) is 7.20. The smallest absolute Gasteiger partial charge is 0.503 e. The monoisotopic (exact) mass is 916 g/mol. The van der Waals surface area contributed by atoms with Crippen molar-refractivity contribution in [1.82, 2.24) is 24.3 Å². The predicted octanol–water partition coefficient (Wildman–Crippen LogP) is 12.1. The van der Waals surface area contributed by atoms with Gasteiger partial charge in [-0.15, -0.1) is 41.3 Å². The Balaban J connectivity index is 0.00000480. The zero-order valence-electron chi connectivity index (χ0n) is 33.3. The molecule has 0 unspecified atom stereocenters. The van der Waals surface area contributed by atoms with Gasteiger partial charge in [0, 0.05) is 23.2 Å². The number of pyridine rings is 1. The molecular weight excluding hydrogens is 870 g/mol. The van der Waals surface area contributed by atoms with Gasteiger partial charge in [-0.3, -0.25) is 4.98 Å². The van der Waals surface area contributed by atoms with E-state index in [4.69, 9.17) is 19.8 Å². The normalized spacial score (nSPS) is 11.5. The van der Waals surface area contributed by atoms with Crippen molar-refractivity contribution in [2.75, 3.05) is 0 Å². The van der Waals surface area contributed by atoms with Gasteiger partial charge in [0.05, 0.1) is 11.5 Å². The van der Waals surface area contributed by atoms with Crippen LogP contribution in [0, 0.1) is 51.7 Å². The van der Waals surface area contributed by atoms with Crippen LogP contribution in [0.3, 0.4) is 0 Å². The van der Waals surface area contributed by atoms with Gasteiger partial charge in [-0.25, -0.2) is 9.67 Å². The van der Waals surface area contributed by atoms with Crippen LogP contribution in [0.2, 0.25) is 0 Å².